The van der Waals surface area contributed by atoms with Crippen molar-refractivity contribution in [2.75, 3.05) is 5.32 Å². The molecule has 0 aliphatic carbocycles. The van der Waals surface area contributed by atoms with E-state index in [1.165, 1.54) is 23.3 Å². The van der Waals surface area contributed by atoms with E-state index in [4.69, 9.17) is 0 Å². The van der Waals surface area contributed by atoms with Crippen LogP contribution in [-0.2, 0) is 6.54 Å². The van der Waals surface area contributed by atoms with Gasteiger partial charge in [-0.2, -0.15) is 0 Å². The van der Waals surface area contributed by atoms with Gasteiger partial charge in [0.2, 0.25) is 0 Å². The zero-order valence-electron chi connectivity index (χ0n) is 11.8. The molecule has 0 saturated heterocycles. The summed E-state index contributed by atoms with van der Waals surface area (Å²) in [5.74, 6) is -0.223. The van der Waals surface area contributed by atoms with E-state index < -0.39 is 6.36 Å². The highest BCUT2D eigenvalue weighted by Gasteiger charge is 2.30. The van der Waals surface area contributed by atoms with Gasteiger partial charge in [0, 0.05) is 12.2 Å². The number of rotatable bonds is 4. The number of hydrogen-bond acceptors (Lipinski definition) is 2. The standard InChI is InChI=1S/C16H16F3NO/c1-11-7-12(2)9-13(8-11)10-20-14-3-5-15(6-4-14)21-16(17,18)19/h3-9,20H,10H2,1-2H3. The van der Waals surface area contributed by atoms with E-state index in [1.54, 1.807) is 12.1 Å². The Morgan fingerprint density at radius 1 is 0.952 bits per heavy atom. The van der Waals surface area contributed by atoms with E-state index >= 15 is 0 Å². The molecule has 2 aromatic rings. The van der Waals surface area contributed by atoms with Crippen molar-refractivity contribution >= 4 is 5.69 Å². The van der Waals surface area contributed by atoms with Crippen LogP contribution in [0.4, 0.5) is 18.9 Å². The van der Waals surface area contributed by atoms with E-state index in [0.29, 0.717) is 6.54 Å². The number of halogens is 3. The molecule has 0 atom stereocenters. The predicted molar refractivity (Wildman–Crippen MR) is 76.4 cm³/mol. The second-order valence-electron chi connectivity index (χ2n) is 4.92. The van der Waals surface area contributed by atoms with Crippen LogP contribution in [0.2, 0.25) is 0 Å². The van der Waals surface area contributed by atoms with Gasteiger partial charge in [-0.1, -0.05) is 29.3 Å². The van der Waals surface area contributed by atoms with Crippen molar-refractivity contribution in [3.8, 4) is 5.75 Å². The van der Waals surface area contributed by atoms with Gasteiger partial charge in [0.25, 0.3) is 0 Å². The lowest BCUT2D eigenvalue weighted by molar-refractivity contribution is -0.274. The van der Waals surface area contributed by atoms with Crippen LogP contribution in [0.3, 0.4) is 0 Å². The largest absolute Gasteiger partial charge is 0.573 e. The summed E-state index contributed by atoms with van der Waals surface area (Å²) in [6, 6.07) is 11.9. The lowest BCUT2D eigenvalue weighted by Crippen LogP contribution is -2.17. The van der Waals surface area contributed by atoms with Crippen LogP contribution in [0.5, 0.6) is 5.75 Å². The molecule has 0 bridgehead atoms. The normalized spacial score (nSPS) is 11.3. The lowest BCUT2D eigenvalue weighted by atomic mass is 10.1. The Morgan fingerprint density at radius 3 is 2.05 bits per heavy atom. The summed E-state index contributed by atoms with van der Waals surface area (Å²) >= 11 is 0. The molecule has 0 aliphatic heterocycles. The fourth-order valence-corrected chi connectivity index (χ4v) is 2.15. The summed E-state index contributed by atoms with van der Waals surface area (Å²) < 4.78 is 40.0. The van der Waals surface area contributed by atoms with Gasteiger partial charge in [0.1, 0.15) is 5.75 Å². The molecule has 0 spiro atoms. The van der Waals surface area contributed by atoms with Crippen molar-refractivity contribution in [1.29, 1.82) is 0 Å². The molecule has 0 saturated carbocycles. The highest BCUT2D eigenvalue weighted by atomic mass is 19.4. The van der Waals surface area contributed by atoms with Crippen LogP contribution in [0.15, 0.2) is 42.5 Å². The van der Waals surface area contributed by atoms with Crippen molar-refractivity contribution in [3.05, 3.63) is 59.2 Å². The SMILES string of the molecule is Cc1cc(C)cc(CNc2ccc(OC(F)(F)F)cc2)c1. The van der Waals surface area contributed by atoms with Crippen molar-refractivity contribution < 1.29 is 17.9 Å². The molecule has 112 valence electrons. The van der Waals surface area contributed by atoms with E-state index in [0.717, 1.165) is 11.3 Å². The fourth-order valence-electron chi connectivity index (χ4n) is 2.15. The van der Waals surface area contributed by atoms with E-state index in [2.05, 4.69) is 28.3 Å². The number of anilines is 1. The molecule has 5 heteroatoms. The Morgan fingerprint density at radius 2 is 1.52 bits per heavy atom. The maximum absolute atomic E-state index is 12.0. The summed E-state index contributed by atoms with van der Waals surface area (Å²) in [6.45, 7) is 4.67. The van der Waals surface area contributed by atoms with Crippen LogP contribution in [0.25, 0.3) is 0 Å². The number of hydrogen-bond donors (Lipinski definition) is 1. The highest BCUT2D eigenvalue weighted by Crippen LogP contribution is 2.24. The van der Waals surface area contributed by atoms with E-state index in [-0.39, 0.29) is 5.75 Å². The monoisotopic (exact) mass is 295 g/mol. The minimum atomic E-state index is -4.66. The zero-order chi connectivity index (χ0) is 15.5. The molecule has 0 unspecified atom stereocenters. The Hall–Kier alpha value is -2.17. The third kappa shape index (κ3) is 5.02. The minimum absolute atomic E-state index is 0.223. The minimum Gasteiger partial charge on any atom is -0.406 e. The van der Waals surface area contributed by atoms with Crippen molar-refractivity contribution in [3.63, 3.8) is 0 Å². The lowest BCUT2D eigenvalue weighted by Gasteiger charge is -2.11. The topological polar surface area (TPSA) is 21.3 Å². The van der Waals surface area contributed by atoms with Crippen LogP contribution < -0.4 is 10.1 Å². The van der Waals surface area contributed by atoms with Gasteiger partial charge in [-0.3, -0.25) is 0 Å². The molecule has 2 rings (SSSR count). The van der Waals surface area contributed by atoms with E-state index in [1.807, 2.05) is 13.8 Å². The molecule has 0 heterocycles. The van der Waals surface area contributed by atoms with Gasteiger partial charge >= 0.3 is 6.36 Å². The Balaban J connectivity index is 1.97. The maximum Gasteiger partial charge on any atom is 0.573 e. The van der Waals surface area contributed by atoms with Gasteiger partial charge in [-0.05, 0) is 43.7 Å². The van der Waals surface area contributed by atoms with Crippen LogP contribution >= 0.6 is 0 Å². The molecule has 1 N–H and O–H groups in total. The van der Waals surface area contributed by atoms with Gasteiger partial charge in [-0.25, -0.2) is 0 Å². The molecule has 0 radical (unpaired) electrons. The van der Waals surface area contributed by atoms with Crippen molar-refractivity contribution in [2.24, 2.45) is 0 Å². The van der Waals surface area contributed by atoms with Gasteiger partial charge in [-0.15, -0.1) is 13.2 Å². The second-order valence-corrected chi connectivity index (χ2v) is 4.92. The van der Waals surface area contributed by atoms with Crippen LogP contribution in [0.1, 0.15) is 16.7 Å². The third-order valence-corrected chi connectivity index (χ3v) is 2.87. The maximum atomic E-state index is 12.0. The molecular weight excluding hydrogens is 279 g/mol. The number of benzene rings is 2. The van der Waals surface area contributed by atoms with Gasteiger partial charge < -0.3 is 10.1 Å². The quantitative estimate of drug-likeness (QED) is 0.873. The summed E-state index contributed by atoms with van der Waals surface area (Å²) in [7, 11) is 0. The molecule has 0 aromatic heterocycles. The Bertz CT molecular complexity index is 586. The average molecular weight is 295 g/mol. The summed E-state index contributed by atoms with van der Waals surface area (Å²) in [4.78, 5) is 0. The summed E-state index contributed by atoms with van der Waals surface area (Å²) in [5.41, 5.74) is 4.23. The molecule has 0 fully saturated rings. The number of aryl methyl sites for hydroxylation is 2. The van der Waals surface area contributed by atoms with Crippen molar-refractivity contribution in [2.45, 2.75) is 26.8 Å². The fraction of sp³-hybridized carbons (Fsp3) is 0.250. The first kappa shape index (κ1) is 15.2. The number of ether oxygens (including phenoxy) is 1. The first-order valence-corrected chi connectivity index (χ1v) is 6.49. The van der Waals surface area contributed by atoms with Crippen LogP contribution in [0, 0.1) is 13.8 Å². The predicted octanol–water partition coefficient (Wildman–Crippen LogP) is 4.81. The van der Waals surface area contributed by atoms with E-state index in [9.17, 15) is 13.2 Å². The number of alkyl halides is 3. The van der Waals surface area contributed by atoms with Gasteiger partial charge in [0.05, 0.1) is 0 Å². The average Bonchev–Trinajstić information content (AvgIpc) is 2.35. The summed E-state index contributed by atoms with van der Waals surface area (Å²) in [5, 5.41) is 3.17. The molecule has 2 aromatic carbocycles. The Kier molecular flexibility index (Phi) is 4.40. The smallest absolute Gasteiger partial charge is 0.406 e. The molecule has 2 nitrogen and oxygen atoms in total. The third-order valence-electron chi connectivity index (χ3n) is 2.87. The molecule has 0 amide bonds. The molecule has 21 heavy (non-hydrogen) atoms. The van der Waals surface area contributed by atoms with Crippen molar-refractivity contribution in [1.82, 2.24) is 0 Å². The molecule has 0 aliphatic rings. The van der Waals surface area contributed by atoms with Crippen LogP contribution in [-0.4, -0.2) is 6.36 Å². The second kappa shape index (κ2) is 6.08. The Labute approximate surface area is 121 Å². The van der Waals surface area contributed by atoms with Gasteiger partial charge in [0.15, 0.2) is 0 Å². The number of nitrogens with one attached hydrogen (secondary N) is 1. The first-order valence-electron chi connectivity index (χ1n) is 6.49. The molecular formula is C16H16F3NO. The summed E-state index contributed by atoms with van der Waals surface area (Å²) in [6.07, 6.45) is -4.66. The first-order chi connectivity index (χ1) is 9.82. The zero-order valence-corrected chi connectivity index (χ0v) is 11.8. The highest BCUT2D eigenvalue weighted by molar-refractivity contribution is 5.47.